The van der Waals surface area contributed by atoms with Crippen LogP contribution < -0.4 is 0 Å². The third-order valence-corrected chi connectivity index (χ3v) is 4.13. The summed E-state index contributed by atoms with van der Waals surface area (Å²) in [5.41, 5.74) is 0. The lowest BCUT2D eigenvalue weighted by Crippen LogP contribution is -2.17. The van der Waals surface area contributed by atoms with Gasteiger partial charge in [0.05, 0.1) is 12.5 Å². The van der Waals surface area contributed by atoms with Crippen LogP contribution >= 0.6 is 0 Å². The molecular formula is C19H36O3. The van der Waals surface area contributed by atoms with E-state index in [4.69, 9.17) is 10.2 Å². The minimum Gasteiger partial charge on any atom is -0.481 e. The van der Waals surface area contributed by atoms with E-state index in [2.05, 4.69) is 19.1 Å². The van der Waals surface area contributed by atoms with Gasteiger partial charge in [-0.1, -0.05) is 70.4 Å². The topological polar surface area (TPSA) is 57.5 Å². The molecule has 3 nitrogen and oxygen atoms in total. The summed E-state index contributed by atoms with van der Waals surface area (Å²) in [5.74, 6) is -1.44. The highest BCUT2D eigenvalue weighted by Gasteiger charge is 2.14. The summed E-state index contributed by atoms with van der Waals surface area (Å²) in [4.78, 5) is 10.7. The standard InChI is InChI=1S/C19H36O3/c1-2-3-4-5-6-7-8-9-10-11-12-13-14-15-16-18(17-20)19(21)22/h8-9,18,20H,2-7,10-17H2,1H3,(H,21,22). The van der Waals surface area contributed by atoms with Crippen molar-refractivity contribution in [2.75, 3.05) is 6.61 Å². The summed E-state index contributed by atoms with van der Waals surface area (Å²) >= 11 is 0. The van der Waals surface area contributed by atoms with Crippen molar-refractivity contribution in [2.24, 2.45) is 5.92 Å². The minimum atomic E-state index is -0.873. The molecule has 0 aromatic rings. The molecule has 0 heterocycles. The molecule has 0 radical (unpaired) electrons. The van der Waals surface area contributed by atoms with Crippen LogP contribution in [0.4, 0.5) is 0 Å². The molecule has 130 valence electrons. The molecule has 0 rings (SSSR count). The maximum absolute atomic E-state index is 10.7. The van der Waals surface area contributed by atoms with E-state index in [0.717, 1.165) is 12.8 Å². The Hall–Kier alpha value is -0.830. The number of carboxylic acid groups (broad SMARTS) is 1. The molecule has 0 spiro atoms. The maximum Gasteiger partial charge on any atom is 0.308 e. The van der Waals surface area contributed by atoms with Crippen LogP contribution in [0.15, 0.2) is 12.2 Å². The zero-order valence-corrected chi connectivity index (χ0v) is 14.4. The van der Waals surface area contributed by atoms with E-state index in [9.17, 15) is 4.79 Å². The highest BCUT2D eigenvalue weighted by molar-refractivity contribution is 5.69. The van der Waals surface area contributed by atoms with Crippen LogP contribution in [0.2, 0.25) is 0 Å². The van der Waals surface area contributed by atoms with Gasteiger partial charge in [0, 0.05) is 0 Å². The Balaban J connectivity index is 3.24. The Kier molecular flexibility index (Phi) is 15.9. The number of allylic oxidation sites excluding steroid dienone is 2. The predicted molar refractivity (Wildman–Crippen MR) is 93.0 cm³/mol. The number of hydrogen-bond acceptors (Lipinski definition) is 2. The second-order valence-corrected chi connectivity index (χ2v) is 6.24. The van der Waals surface area contributed by atoms with Gasteiger partial charge < -0.3 is 10.2 Å². The summed E-state index contributed by atoms with van der Waals surface area (Å²) < 4.78 is 0. The van der Waals surface area contributed by atoms with Gasteiger partial charge >= 0.3 is 5.97 Å². The lowest BCUT2D eigenvalue weighted by molar-refractivity contribution is -0.143. The Morgan fingerprint density at radius 1 is 0.864 bits per heavy atom. The van der Waals surface area contributed by atoms with Crippen molar-refractivity contribution in [3.8, 4) is 0 Å². The smallest absolute Gasteiger partial charge is 0.308 e. The van der Waals surface area contributed by atoms with Crippen LogP contribution in [-0.2, 0) is 4.79 Å². The van der Waals surface area contributed by atoms with Crippen LogP contribution in [0.1, 0.15) is 90.4 Å². The first-order chi connectivity index (χ1) is 10.7. The van der Waals surface area contributed by atoms with Crippen LogP contribution in [0.3, 0.4) is 0 Å². The van der Waals surface area contributed by atoms with Crippen LogP contribution in [-0.4, -0.2) is 22.8 Å². The maximum atomic E-state index is 10.7. The fourth-order valence-corrected chi connectivity index (χ4v) is 2.58. The molecule has 1 unspecified atom stereocenters. The van der Waals surface area contributed by atoms with E-state index in [1.165, 1.54) is 64.2 Å². The third kappa shape index (κ3) is 14.1. The van der Waals surface area contributed by atoms with E-state index < -0.39 is 11.9 Å². The van der Waals surface area contributed by atoms with Crippen molar-refractivity contribution in [1.82, 2.24) is 0 Å². The fraction of sp³-hybridized carbons (Fsp3) is 0.842. The molecular weight excluding hydrogens is 276 g/mol. The molecule has 0 aliphatic heterocycles. The van der Waals surface area contributed by atoms with E-state index in [1.54, 1.807) is 0 Å². The summed E-state index contributed by atoms with van der Waals surface area (Å²) in [5, 5.41) is 17.7. The third-order valence-electron chi connectivity index (χ3n) is 4.13. The van der Waals surface area contributed by atoms with Crippen molar-refractivity contribution in [1.29, 1.82) is 0 Å². The zero-order valence-electron chi connectivity index (χ0n) is 14.4. The number of carboxylic acids is 1. The Bertz CT molecular complexity index is 274. The van der Waals surface area contributed by atoms with Gasteiger partial charge in [-0.25, -0.2) is 0 Å². The molecule has 22 heavy (non-hydrogen) atoms. The average Bonchev–Trinajstić information content (AvgIpc) is 2.51. The Morgan fingerprint density at radius 2 is 1.36 bits per heavy atom. The molecule has 0 saturated heterocycles. The summed E-state index contributed by atoms with van der Waals surface area (Å²) in [6.07, 6.45) is 20.0. The second kappa shape index (κ2) is 16.5. The SMILES string of the molecule is CCCCCCCC=CCCCCCCCC(CO)C(=O)O. The van der Waals surface area contributed by atoms with Gasteiger partial charge in [0.1, 0.15) is 0 Å². The number of carbonyl (C=O) groups is 1. The summed E-state index contributed by atoms with van der Waals surface area (Å²) in [6, 6.07) is 0. The summed E-state index contributed by atoms with van der Waals surface area (Å²) in [7, 11) is 0. The molecule has 1 atom stereocenters. The van der Waals surface area contributed by atoms with E-state index >= 15 is 0 Å². The van der Waals surface area contributed by atoms with E-state index in [-0.39, 0.29) is 6.61 Å². The lowest BCUT2D eigenvalue weighted by Gasteiger charge is -2.07. The zero-order chi connectivity index (χ0) is 16.5. The molecule has 2 N–H and O–H groups in total. The number of rotatable bonds is 16. The van der Waals surface area contributed by atoms with Gasteiger partial charge in [-0.2, -0.15) is 0 Å². The second-order valence-electron chi connectivity index (χ2n) is 6.24. The predicted octanol–water partition coefficient (Wildman–Crippen LogP) is 5.33. The molecule has 0 aromatic carbocycles. The first kappa shape index (κ1) is 21.2. The van der Waals surface area contributed by atoms with Crippen molar-refractivity contribution >= 4 is 5.97 Å². The highest BCUT2D eigenvalue weighted by Crippen LogP contribution is 2.13. The minimum absolute atomic E-state index is 0.238. The van der Waals surface area contributed by atoms with Gasteiger partial charge in [0.15, 0.2) is 0 Å². The summed E-state index contributed by atoms with van der Waals surface area (Å²) in [6.45, 7) is 2.01. The molecule has 0 aliphatic rings. The average molecular weight is 312 g/mol. The van der Waals surface area contributed by atoms with Crippen molar-refractivity contribution < 1.29 is 15.0 Å². The molecule has 0 bridgehead atoms. The van der Waals surface area contributed by atoms with Gasteiger partial charge in [0.25, 0.3) is 0 Å². The first-order valence-electron chi connectivity index (χ1n) is 9.21. The highest BCUT2D eigenvalue weighted by atomic mass is 16.4. The molecule has 3 heteroatoms. The van der Waals surface area contributed by atoms with Crippen molar-refractivity contribution in [2.45, 2.75) is 90.4 Å². The van der Waals surface area contributed by atoms with Crippen molar-refractivity contribution in [3.63, 3.8) is 0 Å². The molecule has 0 saturated carbocycles. The number of aliphatic hydroxyl groups excluding tert-OH is 1. The Labute approximate surface area is 136 Å². The molecule has 0 aromatic heterocycles. The van der Waals surface area contributed by atoms with E-state index in [1.807, 2.05) is 0 Å². The monoisotopic (exact) mass is 312 g/mol. The Morgan fingerprint density at radius 3 is 1.86 bits per heavy atom. The lowest BCUT2D eigenvalue weighted by atomic mass is 10.0. The van der Waals surface area contributed by atoms with Crippen LogP contribution in [0.25, 0.3) is 0 Å². The molecule has 0 amide bonds. The molecule has 0 fully saturated rings. The largest absolute Gasteiger partial charge is 0.481 e. The number of aliphatic hydroxyl groups is 1. The van der Waals surface area contributed by atoms with Gasteiger partial charge in [-0.05, 0) is 32.1 Å². The first-order valence-corrected chi connectivity index (χ1v) is 9.21. The van der Waals surface area contributed by atoms with Gasteiger partial charge in [-0.3, -0.25) is 4.79 Å². The number of unbranched alkanes of at least 4 members (excludes halogenated alkanes) is 10. The van der Waals surface area contributed by atoms with Crippen molar-refractivity contribution in [3.05, 3.63) is 12.2 Å². The quantitative estimate of drug-likeness (QED) is 0.299. The van der Waals surface area contributed by atoms with E-state index in [0.29, 0.717) is 6.42 Å². The number of aliphatic carboxylic acids is 1. The fourth-order valence-electron chi connectivity index (χ4n) is 2.58. The van der Waals surface area contributed by atoms with Crippen LogP contribution in [0, 0.1) is 5.92 Å². The van der Waals surface area contributed by atoms with Crippen LogP contribution in [0.5, 0.6) is 0 Å². The van der Waals surface area contributed by atoms with Gasteiger partial charge in [-0.15, -0.1) is 0 Å². The van der Waals surface area contributed by atoms with Gasteiger partial charge in [0.2, 0.25) is 0 Å². The normalized spacial score (nSPS) is 12.8. The number of hydrogen-bond donors (Lipinski definition) is 2. The molecule has 0 aliphatic carbocycles.